The summed E-state index contributed by atoms with van der Waals surface area (Å²) in [6.45, 7) is 5.27. The number of methoxy groups -OCH3 is 1. The van der Waals surface area contributed by atoms with Crippen LogP contribution in [-0.2, 0) is 19.8 Å². The zero-order valence-corrected chi connectivity index (χ0v) is 21.7. The number of fused-ring (bicyclic) bond motifs is 1. The molecule has 38 heavy (non-hydrogen) atoms. The van der Waals surface area contributed by atoms with Crippen LogP contribution in [0.25, 0.3) is 22.2 Å². The van der Waals surface area contributed by atoms with Crippen molar-refractivity contribution in [3.8, 4) is 22.8 Å². The highest BCUT2D eigenvalue weighted by Crippen LogP contribution is 2.34. The number of aryl methyl sites for hydroxylation is 3. The number of hydrogen-bond donors (Lipinski definition) is 1. The van der Waals surface area contributed by atoms with Crippen molar-refractivity contribution >= 4 is 10.9 Å². The lowest BCUT2D eigenvalue weighted by molar-refractivity contribution is 0.296. The molecule has 0 amide bonds. The molecule has 0 aliphatic carbocycles. The molecule has 5 rings (SSSR count). The maximum Gasteiger partial charge on any atom is 0.256 e. The molecule has 8 nitrogen and oxygen atoms in total. The molecule has 0 radical (unpaired) electrons. The van der Waals surface area contributed by atoms with Crippen molar-refractivity contribution in [1.82, 2.24) is 24.7 Å². The summed E-state index contributed by atoms with van der Waals surface area (Å²) in [6, 6.07) is 12.8. The number of ether oxygens (including phenoxy) is 2. The van der Waals surface area contributed by atoms with Crippen LogP contribution in [0.1, 0.15) is 33.8 Å². The van der Waals surface area contributed by atoms with Gasteiger partial charge in [0.05, 0.1) is 36.8 Å². The van der Waals surface area contributed by atoms with Crippen molar-refractivity contribution in [2.75, 3.05) is 7.11 Å². The predicted octanol–water partition coefficient (Wildman–Crippen LogP) is 5.21. The Labute approximate surface area is 219 Å². The molecule has 0 spiro atoms. The van der Waals surface area contributed by atoms with Crippen molar-refractivity contribution < 1.29 is 13.9 Å². The molecule has 0 aliphatic rings. The smallest absolute Gasteiger partial charge is 0.256 e. The van der Waals surface area contributed by atoms with Gasteiger partial charge in [0.15, 0.2) is 0 Å². The Bertz CT molecular complexity index is 1690. The van der Waals surface area contributed by atoms with Gasteiger partial charge < -0.3 is 14.0 Å². The first-order valence-electron chi connectivity index (χ1n) is 12.2. The standard InChI is InChI=1S/C29H28FN5O3/c1-17-14-31-34-27(17)22-11-18(2)33-28-21(22)8-5-9-25(28)38-16-23-24(32-19(3)12-26(23)37-4)15-35-10-6-7-20(13-30)29(35)36/h5-12,14H,13,15-16H2,1-4H3,(H,31,34). The van der Waals surface area contributed by atoms with Gasteiger partial charge in [-0.3, -0.25) is 14.9 Å². The van der Waals surface area contributed by atoms with Crippen molar-refractivity contribution in [1.29, 1.82) is 0 Å². The van der Waals surface area contributed by atoms with E-state index in [1.54, 1.807) is 25.6 Å². The lowest BCUT2D eigenvalue weighted by atomic mass is 10.0. The Morgan fingerprint density at radius 3 is 2.58 bits per heavy atom. The molecular formula is C29H28FN5O3. The Hall–Kier alpha value is -4.53. The fourth-order valence-electron chi connectivity index (χ4n) is 4.62. The maximum absolute atomic E-state index is 13.3. The molecule has 9 heteroatoms. The van der Waals surface area contributed by atoms with Crippen LogP contribution in [0.15, 0.2) is 59.7 Å². The molecule has 194 valence electrons. The topological polar surface area (TPSA) is 94.9 Å². The van der Waals surface area contributed by atoms with Crippen LogP contribution in [0.2, 0.25) is 0 Å². The van der Waals surface area contributed by atoms with Gasteiger partial charge >= 0.3 is 0 Å². The highest BCUT2D eigenvalue weighted by atomic mass is 19.1. The Morgan fingerprint density at radius 2 is 1.84 bits per heavy atom. The van der Waals surface area contributed by atoms with Gasteiger partial charge in [-0.15, -0.1) is 0 Å². The van der Waals surface area contributed by atoms with E-state index in [0.717, 1.165) is 39.1 Å². The highest BCUT2D eigenvalue weighted by Gasteiger charge is 2.18. The Balaban J connectivity index is 1.54. The molecule has 0 saturated heterocycles. The van der Waals surface area contributed by atoms with Crippen molar-refractivity contribution in [2.45, 2.75) is 40.6 Å². The summed E-state index contributed by atoms with van der Waals surface area (Å²) < 4.78 is 26.7. The molecule has 0 bridgehead atoms. The number of aromatic nitrogens is 5. The lowest BCUT2D eigenvalue weighted by Crippen LogP contribution is -2.24. The van der Waals surface area contributed by atoms with Crippen molar-refractivity contribution in [2.24, 2.45) is 0 Å². The number of benzene rings is 1. The second-order valence-electron chi connectivity index (χ2n) is 9.17. The van der Waals surface area contributed by atoms with Crippen LogP contribution in [0, 0.1) is 20.8 Å². The fourth-order valence-corrected chi connectivity index (χ4v) is 4.62. The van der Waals surface area contributed by atoms with Gasteiger partial charge in [-0.1, -0.05) is 12.1 Å². The minimum atomic E-state index is -0.826. The minimum Gasteiger partial charge on any atom is -0.496 e. The first-order chi connectivity index (χ1) is 18.4. The van der Waals surface area contributed by atoms with E-state index in [0.29, 0.717) is 22.8 Å². The van der Waals surface area contributed by atoms with E-state index in [2.05, 4.69) is 15.2 Å². The number of hydrogen-bond acceptors (Lipinski definition) is 6. The van der Waals surface area contributed by atoms with E-state index in [4.69, 9.17) is 14.5 Å². The molecule has 1 aromatic carbocycles. The van der Waals surface area contributed by atoms with Crippen molar-refractivity contribution in [3.63, 3.8) is 0 Å². The SMILES string of the molecule is COc1cc(C)nc(Cn2cccc(CF)c2=O)c1COc1cccc2c(-c3[nH]ncc3C)cc(C)nc12. The summed E-state index contributed by atoms with van der Waals surface area (Å²) in [4.78, 5) is 22.1. The van der Waals surface area contributed by atoms with Crippen LogP contribution in [0.5, 0.6) is 11.5 Å². The third-order valence-electron chi connectivity index (χ3n) is 6.48. The number of rotatable bonds is 8. The maximum atomic E-state index is 13.3. The second kappa shape index (κ2) is 10.5. The Kier molecular flexibility index (Phi) is 6.91. The number of pyridine rings is 3. The summed E-state index contributed by atoms with van der Waals surface area (Å²) in [5.74, 6) is 1.20. The summed E-state index contributed by atoms with van der Waals surface area (Å²) in [5, 5.41) is 8.20. The van der Waals surface area contributed by atoms with Crippen LogP contribution in [0.4, 0.5) is 4.39 Å². The highest BCUT2D eigenvalue weighted by molar-refractivity contribution is 5.97. The van der Waals surface area contributed by atoms with Gasteiger partial charge in [-0.05, 0) is 50.6 Å². The van der Waals surface area contributed by atoms with Crippen molar-refractivity contribution in [3.05, 3.63) is 99.0 Å². The van der Waals surface area contributed by atoms with Gasteiger partial charge in [0.25, 0.3) is 5.56 Å². The van der Waals surface area contributed by atoms with E-state index in [9.17, 15) is 9.18 Å². The monoisotopic (exact) mass is 513 g/mol. The van der Waals surface area contributed by atoms with Gasteiger partial charge in [-0.2, -0.15) is 5.10 Å². The van der Waals surface area contributed by atoms with E-state index in [1.807, 2.05) is 51.1 Å². The lowest BCUT2D eigenvalue weighted by Gasteiger charge is -2.17. The molecule has 0 atom stereocenters. The third-order valence-corrected chi connectivity index (χ3v) is 6.48. The molecule has 0 saturated carbocycles. The summed E-state index contributed by atoms with van der Waals surface area (Å²) >= 11 is 0. The molecule has 0 aliphatic heterocycles. The number of nitrogens with one attached hydrogen (secondary N) is 1. The fraction of sp³-hybridized carbons (Fsp3) is 0.241. The molecule has 0 unspecified atom stereocenters. The molecule has 5 aromatic rings. The third kappa shape index (κ3) is 4.74. The number of aromatic amines is 1. The summed E-state index contributed by atoms with van der Waals surface area (Å²) in [5.41, 5.74) is 6.30. The van der Waals surface area contributed by atoms with E-state index in [-0.39, 0.29) is 24.3 Å². The minimum absolute atomic E-state index is 0.102. The molecule has 4 aromatic heterocycles. The van der Waals surface area contributed by atoms with E-state index in [1.165, 1.54) is 10.6 Å². The van der Waals surface area contributed by atoms with Crippen LogP contribution in [0.3, 0.4) is 0 Å². The molecular weight excluding hydrogens is 485 g/mol. The number of halogens is 1. The van der Waals surface area contributed by atoms with Crippen LogP contribution >= 0.6 is 0 Å². The molecule has 1 N–H and O–H groups in total. The zero-order chi connectivity index (χ0) is 26.8. The van der Waals surface area contributed by atoms with Gasteiger partial charge in [0, 0.05) is 40.2 Å². The number of H-pyrrole nitrogens is 1. The van der Waals surface area contributed by atoms with E-state index < -0.39 is 6.67 Å². The first kappa shape index (κ1) is 25.1. The second-order valence-corrected chi connectivity index (χ2v) is 9.17. The number of alkyl halides is 1. The average Bonchev–Trinajstić information content (AvgIpc) is 3.34. The zero-order valence-electron chi connectivity index (χ0n) is 21.7. The first-order valence-corrected chi connectivity index (χ1v) is 12.2. The van der Waals surface area contributed by atoms with Gasteiger partial charge in [-0.25, -0.2) is 9.37 Å². The molecule has 4 heterocycles. The molecule has 0 fully saturated rings. The largest absolute Gasteiger partial charge is 0.496 e. The number of nitrogens with zero attached hydrogens (tertiary/aromatic N) is 4. The van der Waals surface area contributed by atoms with Gasteiger partial charge in [0.2, 0.25) is 0 Å². The Morgan fingerprint density at radius 1 is 1.03 bits per heavy atom. The van der Waals surface area contributed by atoms with E-state index >= 15 is 0 Å². The van der Waals surface area contributed by atoms with Crippen LogP contribution in [-0.4, -0.2) is 31.8 Å². The quantitative estimate of drug-likeness (QED) is 0.306. The normalized spacial score (nSPS) is 11.2. The predicted molar refractivity (Wildman–Crippen MR) is 143 cm³/mol. The number of para-hydroxylation sites is 1. The van der Waals surface area contributed by atoms with Gasteiger partial charge in [0.1, 0.15) is 30.3 Å². The summed E-state index contributed by atoms with van der Waals surface area (Å²) in [6.07, 6.45) is 3.42. The average molecular weight is 514 g/mol. The van der Waals surface area contributed by atoms with Crippen LogP contribution < -0.4 is 15.0 Å². The summed E-state index contributed by atoms with van der Waals surface area (Å²) in [7, 11) is 1.58.